The Balaban J connectivity index is 1.86. The van der Waals surface area contributed by atoms with Gasteiger partial charge in [0, 0.05) is 18.5 Å². The van der Waals surface area contributed by atoms with Crippen molar-refractivity contribution in [2.45, 2.75) is 45.1 Å². The summed E-state index contributed by atoms with van der Waals surface area (Å²) in [5.74, 6) is -1.15. The van der Waals surface area contributed by atoms with Gasteiger partial charge in [0.15, 0.2) is 0 Å². The van der Waals surface area contributed by atoms with Gasteiger partial charge in [-0.2, -0.15) is 0 Å². The quantitative estimate of drug-likeness (QED) is 0.548. The fraction of sp³-hybridized carbons (Fsp3) is 0.444. The van der Waals surface area contributed by atoms with Crippen LogP contribution < -0.4 is 11.1 Å². The summed E-state index contributed by atoms with van der Waals surface area (Å²) >= 11 is 1.35. The number of carbonyl (C=O) groups excluding carboxylic acids is 1. The Hall–Kier alpha value is -2.32. The molecule has 0 saturated carbocycles. The summed E-state index contributed by atoms with van der Waals surface area (Å²) in [6, 6.07) is 5.77. The van der Waals surface area contributed by atoms with Crippen LogP contribution in [0.2, 0.25) is 0 Å². The van der Waals surface area contributed by atoms with Crippen LogP contribution in [0.3, 0.4) is 0 Å². The molecule has 0 fully saturated rings. The number of carboxylic acids is 1. The van der Waals surface area contributed by atoms with Gasteiger partial charge in [-0.15, -0.1) is 10.2 Å². The number of unbranched alkanes of at least 4 members (excludes halogenated alkanes) is 3. The molecule has 4 N–H and O–H groups in total. The first-order chi connectivity index (χ1) is 12.5. The van der Waals surface area contributed by atoms with Crippen LogP contribution in [0.5, 0.6) is 0 Å². The van der Waals surface area contributed by atoms with Crippen molar-refractivity contribution in [2.75, 3.05) is 6.54 Å². The first-order valence-corrected chi connectivity index (χ1v) is 9.52. The van der Waals surface area contributed by atoms with E-state index in [0.29, 0.717) is 23.0 Å². The van der Waals surface area contributed by atoms with E-state index in [4.69, 9.17) is 10.8 Å². The molecule has 2 rings (SSSR count). The molecule has 8 heteroatoms. The molecule has 1 aromatic heterocycles. The first-order valence-electron chi connectivity index (χ1n) is 8.70. The van der Waals surface area contributed by atoms with Crippen molar-refractivity contribution in [2.24, 2.45) is 5.73 Å². The predicted molar refractivity (Wildman–Crippen MR) is 101 cm³/mol. The van der Waals surface area contributed by atoms with Crippen LogP contribution in [0.25, 0.3) is 10.6 Å². The molecule has 1 aromatic carbocycles. The number of aromatic carboxylic acids is 1. The molecule has 0 aliphatic rings. The van der Waals surface area contributed by atoms with Gasteiger partial charge in [0.2, 0.25) is 5.91 Å². The van der Waals surface area contributed by atoms with Crippen molar-refractivity contribution in [1.29, 1.82) is 0 Å². The van der Waals surface area contributed by atoms with Crippen LogP contribution in [-0.4, -0.2) is 39.8 Å². The smallest absolute Gasteiger partial charge is 0.335 e. The summed E-state index contributed by atoms with van der Waals surface area (Å²) in [5.41, 5.74) is 6.96. The maximum atomic E-state index is 12.0. The number of nitrogens with two attached hydrogens (primary N) is 1. The molecule has 0 aliphatic heterocycles. The lowest BCUT2D eigenvalue weighted by Crippen LogP contribution is -2.42. The molecular formula is C18H24N4O3S. The van der Waals surface area contributed by atoms with E-state index in [9.17, 15) is 9.59 Å². The molecule has 1 heterocycles. The van der Waals surface area contributed by atoms with Crippen molar-refractivity contribution in [3.8, 4) is 10.6 Å². The second-order valence-electron chi connectivity index (χ2n) is 6.05. The summed E-state index contributed by atoms with van der Waals surface area (Å²) in [6.45, 7) is 2.79. The highest BCUT2D eigenvalue weighted by Crippen LogP contribution is 2.24. The zero-order valence-electron chi connectivity index (χ0n) is 14.8. The van der Waals surface area contributed by atoms with Crippen LogP contribution in [-0.2, 0) is 11.2 Å². The first kappa shape index (κ1) is 20.0. The second kappa shape index (κ2) is 9.98. The average Bonchev–Trinajstić information content (AvgIpc) is 3.09. The highest BCUT2D eigenvalue weighted by molar-refractivity contribution is 7.14. The van der Waals surface area contributed by atoms with Gasteiger partial charge < -0.3 is 16.2 Å². The Labute approximate surface area is 156 Å². The summed E-state index contributed by atoms with van der Waals surface area (Å²) < 4.78 is 0. The topological polar surface area (TPSA) is 118 Å². The SMILES string of the molecule is CCCCCCNC(=O)[C@@H](N)Cc1nnc(-c2ccc(C(=O)O)cc2)s1. The largest absolute Gasteiger partial charge is 0.478 e. The highest BCUT2D eigenvalue weighted by Gasteiger charge is 2.17. The lowest BCUT2D eigenvalue weighted by atomic mass is 10.1. The van der Waals surface area contributed by atoms with Gasteiger partial charge in [-0.1, -0.05) is 49.7 Å². The van der Waals surface area contributed by atoms with Gasteiger partial charge >= 0.3 is 5.97 Å². The maximum Gasteiger partial charge on any atom is 0.335 e. The zero-order valence-corrected chi connectivity index (χ0v) is 15.6. The van der Waals surface area contributed by atoms with Gasteiger partial charge in [0.1, 0.15) is 10.0 Å². The monoisotopic (exact) mass is 376 g/mol. The Morgan fingerprint density at radius 2 is 1.92 bits per heavy atom. The van der Waals surface area contributed by atoms with E-state index in [1.807, 2.05) is 0 Å². The Morgan fingerprint density at radius 1 is 1.19 bits per heavy atom. The lowest BCUT2D eigenvalue weighted by Gasteiger charge is -2.10. The number of hydrogen-bond donors (Lipinski definition) is 3. The minimum absolute atomic E-state index is 0.177. The number of nitrogens with one attached hydrogen (secondary N) is 1. The number of nitrogens with zero attached hydrogens (tertiary/aromatic N) is 2. The second-order valence-corrected chi connectivity index (χ2v) is 7.11. The molecule has 0 spiro atoms. The van der Waals surface area contributed by atoms with Crippen LogP contribution in [0.4, 0.5) is 0 Å². The third-order valence-corrected chi connectivity index (χ3v) is 4.90. The van der Waals surface area contributed by atoms with E-state index in [0.717, 1.165) is 24.8 Å². The number of rotatable bonds is 10. The van der Waals surface area contributed by atoms with E-state index in [1.54, 1.807) is 12.1 Å². The molecule has 26 heavy (non-hydrogen) atoms. The number of aromatic nitrogens is 2. The van der Waals surface area contributed by atoms with Gasteiger partial charge in [-0.05, 0) is 18.6 Å². The number of hydrogen-bond acceptors (Lipinski definition) is 6. The molecule has 0 unspecified atom stereocenters. The molecule has 0 saturated heterocycles. The van der Waals surface area contributed by atoms with Crippen LogP contribution in [0, 0.1) is 0 Å². The van der Waals surface area contributed by atoms with Crippen LogP contribution in [0.15, 0.2) is 24.3 Å². The number of carbonyl (C=O) groups is 2. The highest BCUT2D eigenvalue weighted by atomic mass is 32.1. The summed E-state index contributed by atoms with van der Waals surface area (Å²) in [7, 11) is 0. The number of amides is 1. The van der Waals surface area contributed by atoms with E-state index < -0.39 is 12.0 Å². The minimum atomic E-state index is -0.971. The van der Waals surface area contributed by atoms with Crippen molar-refractivity contribution in [1.82, 2.24) is 15.5 Å². The fourth-order valence-electron chi connectivity index (χ4n) is 2.38. The molecule has 0 bridgehead atoms. The number of benzene rings is 1. The molecule has 7 nitrogen and oxygen atoms in total. The molecule has 0 radical (unpaired) electrons. The minimum Gasteiger partial charge on any atom is -0.478 e. The molecular weight excluding hydrogens is 352 g/mol. The van der Waals surface area contributed by atoms with Gasteiger partial charge in [0.25, 0.3) is 0 Å². The van der Waals surface area contributed by atoms with Gasteiger partial charge in [-0.25, -0.2) is 4.79 Å². The van der Waals surface area contributed by atoms with Crippen LogP contribution >= 0.6 is 11.3 Å². The standard InChI is InChI=1S/C18H24N4O3S/c1-2-3-4-5-10-20-16(23)14(19)11-15-21-22-17(26-15)12-6-8-13(9-7-12)18(24)25/h6-9,14H,2-5,10-11,19H2,1H3,(H,20,23)(H,24,25)/t14-/m0/s1. The third kappa shape index (κ3) is 5.89. The van der Waals surface area contributed by atoms with Gasteiger partial charge in [-0.3, -0.25) is 4.79 Å². The van der Waals surface area contributed by atoms with Gasteiger partial charge in [0.05, 0.1) is 11.6 Å². The lowest BCUT2D eigenvalue weighted by molar-refractivity contribution is -0.122. The fourth-order valence-corrected chi connectivity index (χ4v) is 3.29. The summed E-state index contributed by atoms with van der Waals surface area (Å²) in [4.78, 5) is 22.9. The molecule has 0 aliphatic carbocycles. The van der Waals surface area contributed by atoms with E-state index in [2.05, 4.69) is 22.4 Å². The van der Waals surface area contributed by atoms with E-state index >= 15 is 0 Å². The average molecular weight is 376 g/mol. The normalized spacial score (nSPS) is 11.9. The molecule has 2 aromatic rings. The third-order valence-electron chi connectivity index (χ3n) is 3.91. The summed E-state index contributed by atoms with van der Waals surface area (Å²) in [6.07, 6.45) is 4.72. The van der Waals surface area contributed by atoms with Crippen molar-refractivity contribution >= 4 is 23.2 Å². The molecule has 1 atom stereocenters. The van der Waals surface area contributed by atoms with Crippen molar-refractivity contribution in [3.63, 3.8) is 0 Å². The Kier molecular flexibility index (Phi) is 7.68. The molecule has 140 valence electrons. The Bertz CT molecular complexity index is 730. The zero-order chi connectivity index (χ0) is 18.9. The maximum absolute atomic E-state index is 12.0. The van der Waals surface area contributed by atoms with E-state index in [1.165, 1.54) is 29.9 Å². The molecule has 1 amide bonds. The predicted octanol–water partition coefficient (Wildman–Crippen LogP) is 2.47. The van der Waals surface area contributed by atoms with Crippen molar-refractivity contribution in [3.05, 3.63) is 34.8 Å². The Morgan fingerprint density at radius 3 is 2.58 bits per heavy atom. The summed E-state index contributed by atoms with van der Waals surface area (Å²) in [5, 5.41) is 21.3. The van der Waals surface area contributed by atoms with Crippen molar-refractivity contribution < 1.29 is 14.7 Å². The number of carboxylic acid groups (broad SMARTS) is 1. The van der Waals surface area contributed by atoms with E-state index in [-0.39, 0.29) is 11.5 Å². The van der Waals surface area contributed by atoms with Crippen LogP contribution in [0.1, 0.15) is 48.0 Å².